The second kappa shape index (κ2) is 4.45. The standard InChI is InChI=1S/C14H27N/c1-14(2,3)15-10-9-12-5-4-6-13(11-15)8-7-12/h12-13H,4-11H2,1-3H3. The maximum absolute atomic E-state index is 2.73. The third-order valence-electron chi connectivity index (χ3n) is 4.44. The van der Waals surface area contributed by atoms with E-state index < -0.39 is 0 Å². The van der Waals surface area contributed by atoms with Gasteiger partial charge in [-0.25, -0.2) is 0 Å². The van der Waals surface area contributed by atoms with E-state index in [1.54, 1.807) is 0 Å². The van der Waals surface area contributed by atoms with Crippen molar-refractivity contribution in [2.45, 2.75) is 64.8 Å². The van der Waals surface area contributed by atoms with Crippen LogP contribution < -0.4 is 0 Å². The molecule has 88 valence electrons. The van der Waals surface area contributed by atoms with Gasteiger partial charge in [0.15, 0.2) is 0 Å². The SMILES string of the molecule is CC(C)(C)N1CCC2CCCC(CC2)C1. The van der Waals surface area contributed by atoms with Gasteiger partial charge in [-0.3, -0.25) is 4.90 Å². The Morgan fingerprint density at radius 3 is 2.27 bits per heavy atom. The highest BCUT2D eigenvalue weighted by Crippen LogP contribution is 2.34. The summed E-state index contributed by atoms with van der Waals surface area (Å²) < 4.78 is 0. The first kappa shape index (κ1) is 11.4. The minimum atomic E-state index is 0.379. The fourth-order valence-corrected chi connectivity index (χ4v) is 3.28. The molecule has 1 aliphatic carbocycles. The van der Waals surface area contributed by atoms with Gasteiger partial charge < -0.3 is 0 Å². The van der Waals surface area contributed by atoms with E-state index in [1.807, 2.05) is 0 Å². The number of hydrogen-bond donors (Lipinski definition) is 0. The highest BCUT2D eigenvalue weighted by Gasteiger charge is 2.29. The molecule has 2 aliphatic rings. The van der Waals surface area contributed by atoms with Crippen LogP contribution in [0.2, 0.25) is 0 Å². The average molecular weight is 209 g/mol. The summed E-state index contributed by atoms with van der Waals surface area (Å²) in [5, 5.41) is 0. The lowest BCUT2D eigenvalue weighted by atomic mass is 9.90. The van der Waals surface area contributed by atoms with Crippen LogP contribution in [0.4, 0.5) is 0 Å². The molecule has 1 heterocycles. The molecule has 1 aliphatic heterocycles. The zero-order chi connectivity index (χ0) is 10.9. The molecule has 2 unspecified atom stereocenters. The summed E-state index contributed by atoms with van der Waals surface area (Å²) in [5.41, 5.74) is 0.379. The van der Waals surface area contributed by atoms with E-state index in [-0.39, 0.29) is 0 Å². The second-order valence-electron chi connectivity index (χ2n) is 6.65. The molecule has 2 bridgehead atoms. The van der Waals surface area contributed by atoms with E-state index in [1.165, 1.54) is 51.6 Å². The van der Waals surface area contributed by atoms with Crippen LogP contribution in [0.5, 0.6) is 0 Å². The van der Waals surface area contributed by atoms with Gasteiger partial charge in [0.05, 0.1) is 0 Å². The van der Waals surface area contributed by atoms with Crippen LogP contribution in [0.15, 0.2) is 0 Å². The van der Waals surface area contributed by atoms with E-state index in [2.05, 4.69) is 25.7 Å². The Balaban J connectivity index is 2.05. The Hall–Kier alpha value is -0.0400. The van der Waals surface area contributed by atoms with Gasteiger partial charge in [-0.15, -0.1) is 0 Å². The molecular formula is C14H27N. The summed E-state index contributed by atoms with van der Waals surface area (Å²) in [7, 11) is 0. The van der Waals surface area contributed by atoms with Crippen molar-refractivity contribution in [3.63, 3.8) is 0 Å². The van der Waals surface area contributed by atoms with Gasteiger partial charge in [-0.05, 0) is 58.4 Å². The molecule has 1 saturated carbocycles. The zero-order valence-corrected chi connectivity index (χ0v) is 10.8. The summed E-state index contributed by atoms with van der Waals surface area (Å²) in [4.78, 5) is 2.73. The molecule has 1 heteroatoms. The minimum absolute atomic E-state index is 0.379. The van der Waals surface area contributed by atoms with Crippen molar-refractivity contribution in [1.29, 1.82) is 0 Å². The molecular weight excluding hydrogens is 182 g/mol. The molecule has 2 rings (SSSR count). The first-order valence-corrected chi connectivity index (χ1v) is 6.81. The van der Waals surface area contributed by atoms with Crippen LogP contribution in [0, 0.1) is 11.8 Å². The summed E-state index contributed by atoms with van der Waals surface area (Å²) >= 11 is 0. The summed E-state index contributed by atoms with van der Waals surface area (Å²) in [6.07, 6.45) is 8.95. The predicted molar refractivity (Wildman–Crippen MR) is 66.0 cm³/mol. The highest BCUT2D eigenvalue weighted by atomic mass is 15.2. The van der Waals surface area contributed by atoms with Crippen LogP contribution in [-0.2, 0) is 0 Å². The van der Waals surface area contributed by atoms with Crippen LogP contribution >= 0.6 is 0 Å². The topological polar surface area (TPSA) is 3.24 Å². The van der Waals surface area contributed by atoms with Crippen LogP contribution in [-0.4, -0.2) is 23.5 Å². The van der Waals surface area contributed by atoms with E-state index in [9.17, 15) is 0 Å². The van der Waals surface area contributed by atoms with Crippen molar-refractivity contribution in [3.05, 3.63) is 0 Å². The van der Waals surface area contributed by atoms with Gasteiger partial charge in [-0.1, -0.05) is 19.3 Å². The van der Waals surface area contributed by atoms with Gasteiger partial charge in [0.2, 0.25) is 0 Å². The first-order chi connectivity index (χ1) is 7.05. The maximum atomic E-state index is 2.73. The molecule has 0 aromatic heterocycles. The van der Waals surface area contributed by atoms with Crippen molar-refractivity contribution in [2.75, 3.05) is 13.1 Å². The molecule has 1 saturated heterocycles. The number of fused-ring (bicyclic) bond motifs is 3. The molecule has 15 heavy (non-hydrogen) atoms. The normalized spacial score (nSPS) is 34.6. The second-order valence-corrected chi connectivity index (χ2v) is 6.65. The van der Waals surface area contributed by atoms with Crippen molar-refractivity contribution in [1.82, 2.24) is 4.90 Å². The Morgan fingerprint density at radius 1 is 0.867 bits per heavy atom. The monoisotopic (exact) mass is 209 g/mol. The summed E-state index contributed by atoms with van der Waals surface area (Å²) in [6.45, 7) is 9.82. The van der Waals surface area contributed by atoms with E-state index in [4.69, 9.17) is 0 Å². The van der Waals surface area contributed by atoms with Crippen LogP contribution in [0.1, 0.15) is 59.3 Å². The van der Waals surface area contributed by atoms with Crippen molar-refractivity contribution < 1.29 is 0 Å². The molecule has 1 nitrogen and oxygen atoms in total. The molecule has 2 atom stereocenters. The molecule has 0 N–H and O–H groups in total. The molecule has 0 aromatic carbocycles. The quantitative estimate of drug-likeness (QED) is 0.588. The third kappa shape index (κ3) is 2.96. The Labute approximate surface area is 95.2 Å². The Bertz CT molecular complexity index is 204. The minimum Gasteiger partial charge on any atom is -0.298 e. The van der Waals surface area contributed by atoms with E-state index in [0.29, 0.717) is 5.54 Å². The maximum Gasteiger partial charge on any atom is 0.0125 e. The fourth-order valence-electron chi connectivity index (χ4n) is 3.28. The highest BCUT2D eigenvalue weighted by molar-refractivity contribution is 4.84. The zero-order valence-electron chi connectivity index (χ0n) is 10.8. The molecule has 0 amide bonds. The third-order valence-corrected chi connectivity index (χ3v) is 4.44. The average Bonchev–Trinajstić information content (AvgIpc) is 2.24. The molecule has 0 radical (unpaired) electrons. The van der Waals surface area contributed by atoms with Gasteiger partial charge in [0.25, 0.3) is 0 Å². The fraction of sp³-hybridized carbons (Fsp3) is 1.00. The van der Waals surface area contributed by atoms with Gasteiger partial charge in [0.1, 0.15) is 0 Å². The Morgan fingerprint density at radius 2 is 1.53 bits per heavy atom. The number of likely N-dealkylation sites (tertiary alicyclic amines) is 1. The lowest BCUT2D eigenvalue weighted by Crippen LogP contribution is -2.45. The molecule has 0 aromatic rings. The lowest BCUT2D eigenvalue weighted by Gasteiger charge is -2.39. The smallest absolute Gasteiger partial charge is 0.0125 e. The van der Waals surface area contributed by atoms with Crippen molar-refractivity contribution in [2.24, 2.45) is 11.8 Å². The largest absolute Gasteiger partial charge is 0.298 e. The van der Waals surface area contributed by atoms with Crippen LogP contribution in [0.3, 0.4) is 0 Å². The number of hydrogen-bond acceptors (Lipinski definition) is 1. The van der Waals surface area contributed by atoms with Crippen molar-refractivity contribution in [3.8, 4) is 0 Å². The number of nitrogens with zero attached hydrogens (tertiary/aromatic N) is 1. The van der Waals surface area contributed by atoms with Gasteiger partial charge in [-0.2, -0.15) is 0 Å². The van der Waals surface area contributed by atoms with E-state index in [0.717, 1.165) is 11.8 Å². The predicted octanol–water partition coefficient (Wildman–Crippen LogP) is 3.69. The molecule has 2 fully saturated rings. The first-order valence-electron chi connectivity index (χ1n) is 6.81. The molecule has 0 spiro atoms. The van der Waals surface area contributed by atoms with Gasteiger partial charge >= 0.3 is 0 Å². The summed E-state index contributed by atoms with van der Waals surface area (Å²) in [5.74, 6) is 2.04. The van der Waals surface area contributed by atoms with Gasteiger partial charge in [0, 0.05) is 12.1 Å². The summed E-state index contributed by atoms with van der Waals surface area (Å²) in [6, 6.07) is 0. The van der Waals surface area contributed by atoms with Crippen molar-refractivity contribution >= 4 is 0 Å². The Kier molecular flexibility index (Phi) is 3.39. The van der Waals surface area contributed by atoms with E-state index >= 15 is 0 Å². The van der Waals surface area contributed by atoms with Crippen LogP contribution in [0.25, 0.3) is 0 Å². The lowest BCUT2D eigenvalue weighted by molar-refractivity contribution is 0.0924. The number of rotatable bonds is 0.